The number of methoxy groups -OCH3 is 1. The van der Waals surface area contributed by atoms with Gasteiger partial charge in [0.15, 0.2) is 0 Å². The number of ether oxygens (including phenoxy) is 1. The number of aryl methyl sites for hydroxylation is 2. The Balaban J connectivity index is 2.66. The van der Waals surface area contributed by atoms with Gasteiger partial charge in [0.1, 0.15) is 6.04 Å². The van der Waals surface area contributed by atoms with Crippen molar-refractivity contribution in [3.63, 3.8) is 0 Å². The van der Waals surface area contributed by atoms with E-state index in [9.17, 15) is 4.79 Å². The second-order valence-corrected chi connectivity index (χ2v) is 3.36. The maximum Gasteiger partial charge on any atom is 0.243 e. The molecule has 0 radical (unpaired) electrons. The van der Waals surface area contributed by atoms with Crippen molar-refractivity contribution >= 4 is 11.6 Å². The Bertz CT molecular complexity index is 328. The zero-order valence-electron chi connectivity index (χ0n) is 9.13. The van der Waals surface area contributed by atoms with Gasteiger partial charge in [-0.2, -0.15) is 5.10 Å². The highest BCUT2D eigenvalue weighted by molar-refractivity contribution is 5.95. The molecule has 1 amide bonds. The molecule has 84 valence electrons. The van der Waals surface area contributed by atoms with Crippen LogP contribution in [-0.4, -0.2) is 35.9 Å². The Morgan fingerprint density at radius 1 is 1.67 bits per heavy atom. The smallest absolute Gasteiger partial charge is 0.243 e. The molecular formula is C9H16N4O2. The lowest BCUT2D eigenvalue weighted by molar-refractivity contribution is -0.118. The normalized spacial score (nSPS) is 12.5. The molecule has 0 fully saturated rings. The molecule has 1 atom stereocenters. The molecule has 15 heavy (non-hydrogen) atoms. The molecule has 0 aliphatic carbocycles. The first-order chi connectivity index (χ1) is 7.06. The van der Waals surface area contributed by atoms with Crippen LogP contribution in [0.15, 0.2) is 0 Å². The lowest BCUT2D eigenvalue weighted by Gasteiger charge is -2.11. The third-order valence-electron chi connectivity index (χ3n) is 2.06. The first kappa shape index (κ1) is 11.7. The first-order valence-corrected chi connectivity index (χ1v) is 4.63. The van der Waals surface area contributed by atoms with Crippen LogP contribution in [0.4, 0.5) is 5.69 Å². The molecule has 1 rings (SSSR count). The van der Waals surface area contributed by atoms with E-state index in [4.69, 9.17) is 10.5 Å². The van der Waals surface area contributed by atoms with Gasteiger partial charge in [0.2, 0.25) is 5.91 Å². The van der Waals surface area contributed by atoms with Crippen molar-refractivity contribution in [2.75, 3.05) is 19.0 Å². The number of hydrogen-bond donors (Lipinski definition) is 3. The van der Waals surface area contributed by atoms with Gasteiger partial charge in [-0.25, -0.2) is 0 Å². The number of rotatable bonds is 4. The van der Waals surface area contributed by atoms with Crippen LogP contribution in [0.3, 0.4) is 0 Å². The van der Waals surface area contributed by atoms with Crippen LogP contribution in [0.1, 0.15) is 11.4 Å². The molecule has 1 heterocycles. The first-order valence-electron chi connectivity index (χ1n) is 4.63. The fourth-order valence-corrected chi connectivity index (χ4v) is 1.21. The number of amides is 1. The highest BCUT2D eigenvalue weighted by Crippen LogP contribution is 2.15. The number of nitrogens with one attached hydrogen (secondary N) is 2. The average molecular weight is 212 g/mol. The second-order valence-electron chi connectivity index (χ2n) is 3.36. The topological polar surface area (TPSA) is 93.0 Å². The molecule has 0 aliphatic heterocycles. The van der Waals surface area contributed by atoms with Crippen LogP contribution in [-0.2, 0) is 9.53 Å². The van der Waals surface area contributed by atoms with E-state index in [1.165, 1.54) is 7.11 Å². The predicted molar refractivity (Wildman–Crippen MR) is 56.5 cm³/mol. The van der Waals surface area contributed by atoms with Crippen LogP contribution in [0, 0.1) is 13.8 Å². The lowest BCUT2D eigenvalue weighted by Crippen LogP contribution is -2.39. The summed E-state index contributed by atoms with van der Waals surface area (Å²) in [6, 6.07) is -0.663. The van der Waals surface area contributed by atoms with Gasteiger partial charge in [-0.3, -0.25) is 9.89 Å². The van der Waals surface area contributed by atoms with E-state index in [2.05, 4.69) is 15.5 Å². The van der Waals surface area contributed by atoms with Gasteiger partial charge in [-0.1, -0.05) is 0 Å². The molecule has 0 saturated carbocycles. The van der Waals surface area contributed by atoms with Crippen molar-refractivity contribution in [1.29, 1.82) is 0 Å². The summed E-state index contributed by atoms with van der Waals surface area (Å²) in [5.74, 6) is -0.274. The highest BCUT2D eigenvalue weighted by atomic mass is 16.5. The van der Waals surface area contributed by atoms with Crippen LogP contribution in [0.25, 0.3) is 0 Å². The van der Waals surface area contributed by atoms with E-state index in [0.717, 1.165) is 11.4 Å². The van der Waals surface area contributed by atoms with Crippen molar-refractivity contribution in [2.45, 2.75) is 19.9 Å². The quantitative estimate of drug-likeness (QED) is 0.651. The summed E-state index contributed by atoms with van der Waals surface area (Å²) in [6.45, 7) is 3.83. The number of carbonyl (C=O) groups excluding carboxylic acids is 1. The van der Waals surface area contributed by atoms with Gasteiger partial charge < -0.3 is 15.8 Å². The summed E-state index contributed by atoms with van der Waals surface area (Å²) >= 11 is 0. The number of nitrogens with two attached hydrogens (primary N) is 1. The largest absolute Gasteiger partial charge is 0.383 e. The Hall–Kier alpha value is -1.40. The number of H-pyrrole nitrogens is 1. The molecule has 0 aliphatic rings. The van der Waals surface area contributed by atoms with Crippen molar-refractivity contribution in [1.82, 2.24) is 10.2 Å². The van der Waals surface area contributed by atoms with E-state index in [1.54, 1.807) is 6.92 Å². The van der Waals surface area contributed by atoms with Crippen molar-refractivity contribution in [3.8, 4) is 0 Å². The molecule has 0 saturated heterocycles. The van der Waals surface area contributed by atoms with Gasteiger partial charge in [0.25, 0.3) is 0 Å². The molecule has 0 spiro atoms. The SMILES string of the molecule is COCC(N)C(=O)Nc1c(C)n[nH]c1C. The predicted octanol–water partition coefficient (Wildman–Crippen LogP) is -0.0613. The third kappa shape index (κ3) is 2.77. The number of aromatic amines is 1. The number of aromatic nitrogens is 2. The van der Waals surface area contributed by atoms with E-state index < -0.39 is 6.04 Å². The average Bonchev–Trinajstić information content (AvgIpc) is 2.49. The van der Waals surface area contributed by atoms with Crippen LogP contribution in [0.5, 0.6) is 0 Å². The summed E-state index contributed by atoms with van der Waals surface area (Å²) in [4.78, 5) is 11.5. The molecule has 1 aromatic rings. The van der Waals surface area contributed by atoms with Gasteiger partial charge in [0, 0.05) is 7.11 Å². The molecule has 0 bridgehead atoms. The Labute approximate surface area is 88.2 Å². The summed E-state index contributed by atoms with van der Waals surface area (Å²) in [5, 5.41) is 9.44. The molecule has 6 heteroatoms. The summed E-state index contributed by atoms with van der Waals surface area (Å²) in [5.41, 5.74) is 7.82. The monoisotopic (exact) mass is 212 g/mol. The van der Waals surface area contributed by atoms with E-state index in [1.807, 2.05) is 6.92 Å². The van der Waals surface area contributed by atoms with Crippen LogP contribution in [0.2, 0.25) is 0 Å². The zero-order valence-corrected chi connectivity index (χ0v) is 9.13. The lowest BCUT2D eigenvalue weighted by atomic mass is 10.2. The fraction of sp³-hybridized carbons (Fsp3) is 0.556. The van der Waals surface area contributed by atoms with Gasteiger partial charge >= 0.3 is 0 Å². The molecule has 6 nitrogen and oxygen atoms in total. The minimum absolute atomic E-state index is 0.196. The number of carbonyl (C=O) groups is 1. The fourth-order valence-electron chi connectivity index (χ4n) is 1.21. The van der Waals surface area contributed by atoms with Gasteiger partial charge in [-0.15, -0.1) is 0 Å². The van der Waals surface area contributed by atoms with Crippen molar-refractivity contribution in [2.24, 2.45) is 5.73 Å². The molecule has 4 N–H and O–H groups in total. The summed E-state index contributed by atoms with van der Waals surface area (Å²) < 4.78 is 4.80. The van der Waals surface area contributed by atoms with E-state index in [0.29, 0.717) is 5.69 Å². The van der Waals surface area contributed by atoms with E-state index >= 15 is 0 Å². The van der Waals surface area contributed by atoms with Gasteiger partial charge in [0.05, 0.1) is 23.7 Å². The van der Waals surface area contributed by atoms with Crippen molar-refractivity contribution < 1.29 is 9.53 Å². The molecule has 1 unspecified atom stereocenters. The van der Waals surface area contributed by atoms with Crippen molar-refractivity contribution in [3.05, 3.63) is 11.4 Å². The number of nitrogens with zero attached hydrogens (tertiary/aromatic N) is 1. The molecule has 0 aromatic carbocycles. The zero-order chi connectivity index (χ0) is 11.4. The highest BCUT2D eigenvalue weighted by Gasteiger charge is 2.16. The minimum atomic E-state index is -0.663. The maximum atomic E-state index is 11.5. The maximum absolute atomic E-state index is 11.5. The second kappa shape index (κ2) is 4.90. The summed E-state index contributed by atoms with van der Waals surface area (Å²) in [6.07, 6.45) is 0. The Morgan fingerprint density at radius 3 is 2.80 bits per heavy atom. The molecular weight excluding hydrogens is 196 g/mol. The number of hydrogen-bond acceptors (Lipinski definition) is 4. The number of anilines is 1. The van der Waals surface area contributed by atoms with Crippen LogP contribution < -0.4 is 11.1 Å². The summed E-state index contributed by atoms with van der Waals surface area (Å²) in [7, 11) is 1.50. The minimum Gasteiger partial charge on any atom is -0.383 e. The standard InChI is InChI=1S/C9H16N4O2/c1-5-8(6(2)13-12-5)11-9(14)7(10)4-15-3/h7H,4,10H2,1-3H3,(H,11,14)(H,12,13). The third-order valence-corrected chi connectivity index (χ3v) is 2.06. The Kier molecular flexibility index (Phi) is 3.81. The molecule has 1 aromatic heterocycles. The Morgan fingerprint density at radius 2 is 2.33 bits per heavy atom. The van der Waals surface area contributed by atoms with Crippen LogP contribution >= 0.6 is 0 Å². The van der Waals surface area contributed by atoms with E-state index in [-0.39, 0.29) is 12.5 Å². The van der Waals surface area contributed by atoms with Gasteiger partial charge in [-0.05, 0) is 13.8 Å².